The molecule has 1 aliphatic heterocycles. The van der Waals surface area contributed by atoms with E-state index in [0.717, 1.165) is 48.2 Å². The van der Waals surface area contributed by atoms with Crippen molar-refractivity contribution in [3.05, 3.63) is 54.6 Å². The molecule has 0 bridgehead atoms. The number of piperidine rings is 1. The lowest BCUT2D eigenvalue weighted by molar-refractivity contribution is 0.0714. The Morgan fingerprint density at radius 2 is 1.89 bits per heavy atom. The summed E-state index contributed by atoms with van der Waals surface area (Å²) in [4.78, 5) is 29.3. The maximum absolute atomic E-state index is 13.1. The summed E-state index contributed by atoms with van der Waals surface area (Å²) in [7, 11) is 0. The highest BCUT2D eigenvalue weighted by molar-refractivity contribution is 6.06. The lowest BCUT2D eigenvalue weighted by Gasteiger charge is -2.39. The Bertz CT molecular complexity index is 941. The van der Waals surface area contributed by atoms with Crippen LogP contribution in [0.1, 0.15) is 36.0 Å². The maximum atomic E-state index is 13.1. The van der Waals surface area contributed by atoms with Gasteiger partial charge < -0.3 is 14.8 Å². The van der Waals surface area contributed by atoms with Crippen molar-refractivity contribution in [2.24, 2.45) is 0 Å². The number of carbonyl (C=O) groups is 1. The van der Waals surface area contributed by atoms with Crippen LogP contribution in [0.25, 0.3) is 10.9 Å². The summed E-state index contributed by atoms with van der Waals surface area (Å²) in [5.74, 6) is 1.16. The summed E-state index contributed by atoms with van der Waals surface area (Å²) in [6, 6.07) is 10.9. The van der Waals surface area contributed by atoms with E-state index in [9.17, 15) is 4.79 Å². The number of aromatic nitrogens is 3. The number of hydrogen-bond donors (Lipinski definition) is 1. The number of nitrogens with zero attached hydrogens (tertiary/aromatic N) is 4. The van der Waals surface area contributed by atoms with E-state index in [1.54, 1.807) is 6.33 Å². The van der Waals surface area contributed by atoms with E-state index in [4.69, 9.17) is 0 Å². The second-order valence-electron chi connectivity index (χ2n) is 7.47. The average molecular weight is 361 g/mol. The number of nitrogens with one attached hydrogen (secondary N) is 1. The predicted molar refractivity (Wildman–Crippen MR) is 105 cm³/mol. The number of rotatable bonds is 4. The van der Waals surface area contributed by atoms with E-state index in [-0.39, 0.29) is 5.91 Å². The van der Waals surface area contributed by atoms with Gasteiger partial charge in [-0.05, 0) is 49.9 Å². The molecule has 0 radical (unpaired) electrons. The van der Waals surface area contributed by atoms with Gasteiger partial charge in [0, 0.05) is 54.0 Å². The van der Waals surface area contributed by atoms with Gasteiger partial charge in [0.2, 0.25) is 0 Å². The van der Waals surface area contributed by atoms with Crippen LogP contribution in [0.5, 0.6) is 0 Å². The van der Waals surface area contributed by atoms with Crippen LogP contribution in [-0.4, -0.2) is 50.9 Å². The van der Waals surface area contributed by atoms with Crippen LogP contribution in [0, 0.1) is 0 Å². The van der Waals surface area contributed by atoms with Crippen molar-refractivity contribution in [3.8, 4) is 0 Å². The Kier molecular flexibility index (Phi) is 4.03. The first kappa shape index (κ1) is 16.3. The summed E-state index contributed by atoms with van der Waals surface area (Å²) >= 11 is 0. The largest absolute Gasteiger partial charge is 0.361 e. The van der Waals surface area contributed by atoms with E-state index >= 15 is 0 Å². The fourth-order valence-corrected chi connectivity index (χ4v) is 4.25. The van der Waals surface area contributed by atoms with Crippen LogP contribution < -0.4 is 4.90 Å². The SMILES string of the molecule is O=C(c1cccc2[nH]ccc12)N1CCC(N(c2ccncn2)C2CC2)CC1. The first-order valence-corrected chi connectivity index (χ1v) is 9.71. The van der Waals surface area contributed by atoms with Crippen molar-refractivity contribution in [2.75, 3.05) is 18.0 Å². The smallest absolute Gasteiger partial charge is 0.254 e. The van der Waals surface area contributed by atoms with Gasteiger partial charge in [-0.3, -0.25) is 4.79 Å². The van der Waals surface area contributed by atoms with Crippen LogP contribution in [0.3, 0.4) is 0 Å². The number of hydrogen-bond acceptors (Lipinski definition) is 4. The van der Waals surface area contributed by atoms with E-state index in [0.29, 0.717) is 12.1 Å². The zero-order valence-electron chi connectivity index (χ0n) is 15.2. The molecule has 1 amide bonds. The van der Waals surface area contributed by atoms with Gasteiger partial charge in [-0.15, -0.1) is 0 Å². The molecule has 3 aromatic rings. The Balaban J connectivity index is 1.31. The Labute approximate surface area is 158 Å². The third kappa shape index (κ3) is 3.05. The molecule has 1 saturated carbocycles. The van der Waals surface area contributed by atoms with Gasteiger partial charge in [0.05, 0.1) is 0 Å². The number of H-pyrrole nitrogens is 1. The number of likely N-dealkylation sites (tertiary alicyclic amines) is 1. The van der Waals surface area contributed by atoms with E-state index in [1.807, 2.05) is 47.6 Å². The molecule has 0 spiro atoms. The average Bonchev–Trinajstić information content (AvgIpc) is 3.43. The van der Waals surface area contributed by atoms with Crippen molar-refractivity contribution in [1.29, 1.82) is 0 Å². The maximum Gasteiger partial charge on any atom is 0.254 e. The zero-order valence-corrected chi connectivity index (χ0v) is 15.2. The summed E-state index contributed by atoms with van der Waals surface area (Å²) in [5, 5.41) is 1.00. The Hall–Kier alpha value is -2.89. The minimum atomic E-state index is 0.138. The summed E-state index contributed by atoms with van der Waals surface area (Å²) in [6.45, 7) is 1.58. The van der Waals surface area contributed by atoms with Crippen LogP contribution in [0.2, 0.25) is 0 Å². The number of amides is 1. The van der Waals surface area contributed by atoms with Crippen molar-refractivity contribution in [3.63, 3.8) is 0 Å². The molecule has 6 nitrogen and oxygen atoms in total. The molecule has 5 rings (SSSR count). The summed E-state index contributed by atoms with van der Waals surface area (Å²) in [5.41, 5.74) is 1.81. The van der Waals surface area contributed by atoms with Gasteiger partial charge in [0.15, 0.2) is 0 Å². The molecule has 1 aliphatic carbocycles. The van der Waals surface area contributed by atoms with Gasteiger partial charge in [0.25, 0.3) is 5.91 Å². The number of anilines is 1. The number of aromatic amines is 1. The third-order valence-corrected chi connectivity index (χ3v) is 5.74. The van der Waals surface area contributed by atoms with Crippen molar-refractivity contribution in [1.82, 2.24) is 19.9 Å². The molecule has 1 aromatic carbocycles. The highest BCUT2D eigenvalue weighted by Gasteiger charge is 2.37. The predicted octanol–water partition coefficient (Wildman–Crippen LogP) is 3.23. The molecule has 1 saturated heterocycles. The molecule has 2 aromatic heterocycles. The fourth-order valence-electron chi connectivity index (χ4n) is 4.25. The topological polar surface area (TPSA) is 65.1 Å². The molecule has 2 aliphatic rings. The fraction of sp³-hybridized carbons (Fsp3) is 0.381. The molecule has 27 heavy (non-hydrogen) atoms. The molecule has 0 unspecified atom stereocenters. The molecule has 0 atom stereocenters. The summed E-state index contributed by atoms with van der Waals surface area (Å²) in [6.07, 6.45) is 9.76. The Morgan fingerprint density at radius 1 is 1.07 bits per heavy atom. The molecule has 1 N–H and O–H groups in total. The van der Waals surface area contributed by atoms with Crippen LogP contribution >= 0.6 is 0 Å². The molecular formula is C21H23N5O. The van der Waals surface area contributed by atoms with Crippen molar-refractivity contribution >= 4 is 22.6 Å². The van der Waals surface area contributed by atoms with Gasteiger partial charge >= 0.3 is 0 Å². The van der Waals surface area contributed by atoms with Crippen LogP contribution in [-0.2, 0) is 0 Å². The van der Waals surface area contributed by atoms with Crippen molar-refractivity contribution < 1.29 is 4.79 Å². The van der Waals surface area contributed by atoms with Crippen molar-refractivity contribution in [2.45, 2.75) is 37.8 Å². The van der Waals surface area contributed by atoms with Gasteiger partial charge in [-0.1, -0.05) is 6.07 Å². The van der Waals surface area contributed by atoms with Gasteiger partial charge in [-0.25, -0.2) is 9.97 Å². The minimum Gasteiger partial charge on any atom is -0.361 e. The lowest BCUT2D eigenvalue weighted by atomic mass is 10.0. The Morgan fingerprint density at radius 3 is 2.63 bits per heavy atom. The minimum absolute atomic E-state index is 0.138. The number of carbonyl (C=O) groups excluding carboxylic acids is 1. The zero-order chi connectivity index (χ0) is 18.2. The first-order valence-electron chi connectivity index (χ1n) is 9.71. The lowest BCUT2D eigenvalue weighted by Crippen LogP contribution is -2.48. The van der Waals surface area contributed by atoms with E-state index < -0.39 is 0 Å². The number of benzene rings is 1. The molecule has 138 valence electrons. The third-order valence-electron chi connectivity index (χ3n) is 5.74. The van der Waals surface area contributed by atoms with E-state index in [2.05, 4.69) is 19.9 Å². The quantitative estimate of drug-likeness (QED) is 0.775. The first-order chi connectivity index (χ1) is 13.3. The molecule has 6 heteroatoms. The second kappa shape index (κ2) is 6.68. The van der Waals surface area contributed by atoms with E-state index in [1.165, 1.54) is 12.8 Å². The van der Waals surface area contributed by atoms with Crippen LogP contribution in [0.15, 0.2) is 49.1 Å². The van der Waals surface area contributed by atoms with Gasteiger partial charge in [-0.2, -0.15) is 0 Å². The van der Waals surface area contributed by atoms with Gasteiger partial charge in [0.1, 0.15) is 12.1 Å². The molecular weight excluding hydrogens is 338 g/mol. The standard InChI is InChI=1S/C21H23N5O/c27-21(18-2-1-3-19-17(18)6-11-23-19)25-12-8-16(9-13-25)26(15-4-5-15)20-7-10-22-14-24-20/h1-3,6-7,10-11,14-16,23H,4-5,8-9,12-13H2. The van der Waals surface area contributed by atoms with Crippen LogP contribution in [0.4, 0.5) is 5.82 Å². The monoisotopic (exact) mass is 361 g/mol. The molecule has 2 fully saturated rings. The summed E-state index contributed by atoms with van der Waals surface area (Å²) < 4.78 is 0. The normalized spacial score (nSPS) is 18.0. The highest BCUT2D eigenvalue weighted by atomic mass is 16.2. The second-order valence-corrected chi connectivity index (χ2v) is 7.47. The highest BCUT2D eigenvalue weighted by Crippen LogP contribution is 2.35. The molecule has 3 heterocycles. The number of fused-ring (bicyclic) bond motifs is 1.